The molecular formula is C24H22BrFN2O2. The molecule has 0 unspecified atom stereocenters. The lowest BCUT2D eigenvalue weighted by Crippen LogP contribution is -2.33. The molecule has 0 saturated carbocycles. The predicted octanol–water partition coefficient (Wildman–Crippen LogP) is 5.92. The van der Waals surface area contributed by atoms with Gasteiger partial charge in [-0.05, 0) is 72.6 Å². The zero-order valence-electron chi connectivity index (χ0n) is 16.5. The maximum Gasteiger partial charge on any atom is 0.126 e. The highest BCUT2D eigenvalue weighted by atomic mass is 79.9. The van der Waals surface area contributed by atoms with Gasteiger partial charge in [-0.25, -0.2) is 4.39 Å². The van der Waals surface area contributed by atoms with E-state index in [0.29, 0.717) is 13.0 Å². The first-order chi connectivity index (χ1) is 14.5. The van der Waals surface area contributed by atoms with Gasteiger partial charge in [0.05, 0.1) is 6.61 Å². The van der Waals surface area contributed by atoms with Crippen molar-refractivity contribution >= 4 is 21.6 Å². The molecule has 1 heterocycles. The number of hydrogen-bond acceptors (Lipinski definition) is 4. The van der Waals surface area contributed by atoms with Crippen LogP contribution in [0, 0.1) is 5.82 Å². The van der Waals surface area contributed by atoms with Crippen molar-refractivity contribution in [3.8, 4) is 11.5 Å². The summed E-state index contributed by atoms with van der Waals surface area (Å²) in [4.78, 5) is 4.87. The van der Waals surface area contributed by atoms with Crippen LogP contribution in [0.3, 0.4) is 0 Å². The Morgan fingerprint density at radius 3 is 2.67 bits per heavy atom. The van der Waals surface area contributed by atoms with Gasteiger partial charge in [-0.1, -0.05) is 28.1 Å². The number of nitrogens with one attached hydrogen (secondary N) is 1. The number of benzene rings is 3. The Labute approximate surface area is 183 Å². The molecule has 4 rings (SSSR count). The standard InChI is InChI=1S/C24H22BrFN2O2/c1-2-30-19-9-6-15(7-10-19)21-14-22(20-13-17(25)8-11-23(20)29)28-24(27-21)16-4-3-5-18(26)12-16/h3-13,22,24,28-29H,2,14H2,1H3/t22-,24-/m1/s1. The second-order valence-electron chi connectivity index (χ2n) is 7.12. The molecule has 1 aliphatic heterocycles. The minimum absolute atomic E-state index is 0.185. The number of nitrogens with zero attached hydrogens (tertiary/aromatic N) is 1. The summed E-state index contributed by atoms with van der Waals surface area (Å²) in [7, 11) is 0. The molecule has 2 N–H and O–H groups in total. The number of phenols is 1. The Morgan fingerprint density at radius 1 is 1.13 bits per heavy atom. The van der Waals surface area contributed by atoms with Gasteiger partial charge in [0.2, 0.25) is 0 Å². The summed E-state index contributed by atoms with van der Waals surface area (Å²) in [5, 5.41) is 13.9. The van der Waals surface area contributed by atoms with E-state index in [-0.39, 0.29) is 17.6 Å². The fourth-order valence-electron chi connectivity index (χ4n) is 3.64. The van der Waals surface area contributed by atoms with E-state index >= 15 is 0 Å². The van der Waals surface area contributed by atoms with Crippen molar-refractivity contribution < 1.29 is 14.2 Å². The molecule has 0 aliphatic carbocycles. The first kappa shape index (κ1) is 20.6. The lowest BCUT2D eigenvalue weighted by Gasteiger charge is -2.31. The van der Waals surface area contributed by atoms with Crippen LogP contribution in [0.25, 0.3) is 0 Å². The topological polar surface area (TPSA) is 53.8 Å². The zero-order valence-corrected chi connectivity index (χ0v) is 18.1. The van der Waals surface area contributed by atoms with Crippen LogP contribution in [-0.2, 0) is 0 Å². The Bertz CT molecular complexity index is 1070. The Morgan fingerprint density at radius 2 is 1.93 bits per heavy atom. The number of aliphatic imine (C=N–C) groups is 1. The lowest BCUT2D eigenvalue weighted by molar-refractivity contribution is 0.340. The fraction of sp³-hybridized carbons (Fsp3) is 0.208. The summed E-state index contributed by atoms with van der Waals surface area (Å²) in [6.45, 7) is 2.56. The third-order valence-corrected chi connectivity index (χ3v) is 5.56. The van der Waals surface area contributed by atoms with E-state index in [2.05, 4.69) is 21.2 Å². The summed E-state index contributed by atoms with van der Waals surface area (Å²) in [5.74, 6) is 0.708. The van der Waals surface area contributed by atoms with Gasteiger partial charge in [0.25, 0.3) is 0 Å². The minimum Gasteiger partial charge on any atom is -0.508 e. The summed E-state index contributed by atoms with van der Waals surface area (Å²) < 4.78 is 20.3. The largest absolute Gasteiger partial charge is 0.508 e. The molecule has 2 atom stereocenters. The second kappa shape index (κ2) is 8.98. The maximum atomic E-state index is 13.9. The van der Waals surface area contributed by atoms with E-state index in [1.165, 1.54) is 12.1 Å². The van der Waals surface area contributed by atoms with E-state index < -0.39 is 6.17 Å². The van der Waals surface area contributed by atoms with Crippen molar-refractivity contribution in [1.82, 2.24) is 5.32 Å². The summed E-state index contributed by atoms with van der Waals surface area (Å²) in [6, 6.07) is 19.4. The third kappa shape index (κ3) is 4.55. The molecule has 0 radical (unpaired) electrons. The van der Waals surface area contributed by atoms with Crippen molar-refractivity contribution in [2.75, 3.05) is 6.61 Å². The average molecular weight is 469 g/mol. The molecular weight excluding hydrogens is 447 g/mol. The smallest absolute Gasteiger partial charge is 0.126 e. The monoisotopic (exact) mass is 468 g/mol. The first-order valence-electron chi connectivity index (χ1n) is 9.83. The molecule has 1 aliphatic rings. The number of hydrogen-bond donors (Lipinski definition) is 2. The van der Waals surface area contributed by atoms with Crippen molar-refractivity contribution in [3.05, 3.63) is 93.7 Å². The quantitative estimate of drug-likeness (QED) is 0.488. The van der Waals surface area contributed by atoms with Crippen LogP contribution < -0.4 is 10.1 Å². The Kier molecular flexibility index (Phi) is 6.16. The molecule has 30 heavy (non-hydrogen) atoms. The molecule has 0 amide bonds. The van der Waals surface area contributed by atoms with Gasteiger partial charge in [0.1, 0.15) is 23.5 Å². The van der Waals surface area contributed by atoms with Gasteiger partial charge in [-0.3, -0.25) is 10.3 Å². The van der Waals surface area contributed by atoms with Gasteiger partial charge in [0.15, 0.2) is 0 Å². The van der Waals surface area contributed by atoms with Crippen LogP contribution in [0.2, 0.25) is 0 Å². The van der Waals surface area contributed by atoms with Gasteiger partial charge < -0.3 is 9.84 Å². The van der Waals surface area contributed by atoms with Crippen LogP contribution in [0.15, 0.2) is 76.2 Å². The van der Waals surface area contributed by atoms with Crippen LogP contribution in [0.4, 0.5) is 4.39 Å². The van der Waals surface area contributed by atoms with Crippen LogP contribution in [0.1, 0.15) is 42.2 Å². The highest BCUT2D eigenvalue weighted by Crippen LogP contribution is 2.36. The molecule has 0 bridgehead atoms. The second-order valence-corrected chi connectivity index (χ2v) is 8.03. The molecule has 154 valence electrons. The predicted molar refractivity (Wildman–Crippen MR) is 120 cm³/mol. The van der Waals surface area contributed by atoms with Crippen LogP contribution >= 0.6 is 15.9 Å². The van der Waals surface area contributed by atoms with E-state index in [9.17, 15) is 9.50 Å². The number of rotatable bonds is 5. The lowest BCUT2D eigenvalue weighted by atomic mass is 9.93. The molecule has 4 nitrogen and oxygen atoms in total. The van der Waals surface area contributed by atoms with Crippen molar-refractivity contribution in [1.29, 1.82) is 0 Å². The number of ether oxygens (including phenoxy) is 1. The van der Waals surface area contributed by atoms with E-state index in [1.807, 2.05) is 43.3 Å². The average Bonchev–Trinajstić information content (AvgIpc) is 2.76. The maximum absolute atomic E-state index is 13.9. The van der Waals surface area contributed by atoms with Crippen LogP contribution in [0.5, 0.6) is 11.5 Å². The molecule has 0 aromatic heterocycles. The molecule has 6 heteroatoms. The van der Waals surface area contributed by atoms with Gasteiger partial charge in [-0.15, -0.1) is 0 Å². The number of phenolic OH excluding ortho intramolecular Hbond substituents is 1. The Balaban J connectivity index is 1.73. The van der Waals surface area contributed by atoms with Crippen molar-refractivity contribution in [2.24, 2.45) is 4.99 Å². The van der Waals surface area contributed by atoms with Gasteiger partial charge >= 0.3 is 0 Å². The van der Waals surface area contributed by atoms with Crippen molar-refractivity contribution in [3.63, 3.8) is 0 Å². The zero-order chi connectivity index (χ0) is 21.1. The van der Waals surface area contributed by atoms with E-state index in [4.69, 9.17) is 9.73 Å². The summed E-state index contributed by atoms with van der Waals surface area (Å²) in [5.41, 5.74) is 3.36. The van der Waals surface area contributed by atoms with Gasteiger partial charge in [-0.2, -0.15) is 0 Å². The number of halogens is 2. The molecule has 0 saturated heterocycles. The Hall–Kier alpha value is -2.70. The fourth-order valence-corrected chi connectivity index (χ4v) is 4.02. The van der Waals surface area contributed by atoms with Gasteiger partial charge in [0, 0.05) is 28.2 Å². The molecule has 3 aromatic carbocycles. The summed E-state index contributed by atoms with van der Waals surface area (Å²) >= 11 is 3.48. The van der Waals surface area contributed by atoms with E-state index in [0.717, 1.165) is 32.6 Å². The highest BCUT2D eigenvalue weighted by Gasteiger charge is 2.28. The highest BCUT2D eigenvalue weighted by molar-refractivity contribution is 9.10. The van der Waals surface area contributed by atoms with Crippen LogP contribution in [-0.4, -0.2) is 17.4 Å². The first-order valence-corrected chi connectivity index (χ1v) is 10.6. The molecule has 0 spiro atoms. The SMILES string of the molecule is CCOc1ccc(C2=N[C@@H](c3cccc(F)c3)N[C@@H](c3cc(Br)ccc3O)C2)cc1. The van der Waals surface area contributed by atoms with E-state index in [1.54, 1.807) is 18.2 Å². The van der Waals surface area contributed by atoms with Crippen molar-refractivity contribution in [2.45, 2.75) is 25.6 Å². The normalized spacial score (nSPS) is 18.7. The third-order valence-electron chi connectivity index (χ3n) is 5.07. The summed E-state index contributed by atoms with van der Waals surface area (Å²) in [6.07, 6.45) is 0.156. The minimum atomic E-state index is -0.431. The molecule has 3 aromatic rings. The molecule has 0 fully saturated rings. The number of aromatic hydroxyl groups is 1.